The van der Waals surface area contributed by atoms with Crippen LogP contribution < -0.4 is 10.6 Å². The lowest BCUT2D eigenvalue weighted by atomic mass is 10.4. The van der Waals surface area contributed by atoms with Crippen LogP contribution in [0.1, 0.15) is 5.76 Å². The summed E-state index contributed by atoms with van der Waals surface area (Å²) in [6.07, 6.45) is 1.52. The Labute approximate surface area is 94.4 Å². The molecule has 0 bridgehead atoms. The molecule has 0 aliphatic carbocycles. The average molecular weight is 308 g/mol. The van der Waals surface area contributed by atoms with Crippen molar-refractivity contribution >= 4 is 34.5 Å². The van der Waals surface area contributed by atoms with Crippen molar-refractivity contribution in [3.8, 4) is 0 Å². The number of hydrogen-bond donors (Lipinski definition) is 2. The highest BCUT2D eigenvalue weighted by molar-refractivity contribution is 14.1. The van der Waals surface area contributed by atoms with Crippen LogP contribution in [0.3, 0.4) is 0 Å². The lowest BCUT2D eigenvalue weighted by molar-refractivity contribution is -0.117. The van der Waals surface area contributed by atoms with E-state index in [9.17, 15) is 9.59 Å². The molecule has 5 nitrogen and oxygen atoms in total. The number of carbonyl (C=O) groups excluding carboxylic acids is 2. The third-order valence-corrected chi connectivity index (χ3v) is 2.07. The summed E-state index contributed by atoms with van der Waals surface area (Å²) in [5.74, 6) is 0.324. The van der Waals surface area contributed by atoms with Gasteiger partial charge >= 0.3 is 6.03 Å². The normalized spacial score (nSPS) is 9.50. The molecule has 1 heterocycles. The van der Waals surface area contributed by atoms with Crippen LogP contribution in [0.15, 0.2) is 22.8 Å². The molecule has 3 amide bonds. The van der Waals surface area contributed by atoms with E-state index in [2.05, 4.69) is 10.6 Å². The number of rotatable bonds is 3. The summed E-state index contributed by atoms with van der Waals surface area (Å²) in [6, 6.07) is 2.95. The Bertz CT molecular complexity index is 310. The standard InChI is InChI=1S/C8H9IN2O3/c9-4-7(12)11-8(13)10-5-6-2-1-3-14-6/h1-3H,4-5H2,(H2,10,11,12,13). The van der Waals surface area contributed by atoms with Gasteiger partial charge in [0.1, 0.15) is 5.76 Å². The van der Waals surface area contributed by atoms with Gasteiger partial charge in [-0.3, -0.25) is 10.1 Å². The SMILES string of the molecule is O=C(CI)NC(=O)NCc1ccco1. The second-order valence-electron chi connectivity index (χ2n) is 2.44. The molecule has 0 saturated carbocycles. The van der Waals surface area contributed by atoms with Crippen molar-refractivity contribution in [2.45, 2.75) is 6.54 Å². The molecule has 0 aromatic carbocycles. The van der Waals surface area contributed by atoms with Crippen molar-refractivity contribution in [3.63, 3.8) is 0 Å². The zero-order valence-corrected chi connectivity index (χ0v) is 9.41. The minimum Gasteiger partial charge on any atom is -0.467 e. The van der Waals surface area contributed by atoms with Crippen molar-refractivity contribution in [2.75, 3.05) is 4.43 Å². The molecule has 1 rings (SSSR count). The maximum atomic E-state index is 11.0. The van der Waals surface area contributed by atoms with Gasteiger partial charge in [-0.25, -0.2) is 4.79 Å². The summed E-state index contributed by atoms with van der Waals surface area (Å²) in [5, 5.41) is 4.64. The second kappa shape index (κ2) is 5.63. The largest absolute Gasteiger partial charge is 0.467 e. The highest BCUT2D eigenvalue weighted by Crippen LogP contribution is 1.97. The van der Waals surface area contributed by atoms with E-state index in [-0.39, 0.29) is 16.9 Å². The highest BCUT2D eigenvalue weighted by atomic mass is 127. The van der Waals surface area contributed by atoms with Gasteiger partial charge < -0.3 is 9.73 Å². The van der Waals surface area contributed by atoms with E-state index >= 15 is 0 Å². The smallest absolute Gasteiger partial charge is 0.321 e. The van der Waals surface area contributed by atoms with E-state index in [0.717, 1.165) is 0 Å². The first kappa shape index (κ1) is 11.0. The lowest BCUT2D eigenvalue weighted by Gasteiger charge is -2.02. The van der Waals surface area contributed by atoms with Crippen molar-refractivity contribution in [3.05, 3.63) is 24.2 Å². The monoisotopic (exact) mass is 308 g/mol. The minimum atomic E-state index is -0.511. The van der Waals surface area contributed by atoms with E-state index in [1.807, 2.05) is 22.6 Å². The number of halogens is 1. The van der Waals surface area contributed by atoms with Crippen LogP contribution >= 0.6 is 22.6 Å². The van der Waals surface area contributed by atoms with Crippen LogP contribution in [-0.2, 0) is 11.3 Å². The number of amides is 3. The van der Waals surface area contributed by atoms with Gasteiger partial charge in [0.05, 0.1) is 17.2 Å². The van der Waals surface area contributed by atoms with Gasteiger partial charge in [-0.15, -0.1) is 0 Å². The molecule has 14 heavy (non-hydrogen) atoms. The summed E-state index contributed by atoms with van der Waals surface area (Å²) < 4.78 is 5.24. The fourth-order valence-corrected chi connectivity index (χ4v) is 0.975. The molecule has 0 fully saturated rings. The first-order valence-electron chi connectivity index (χ1n) is 3.88. The number of carbonyl (C=O) groups is 2. The summed E-state index contributed by atoms with van der Waals surface area (Å²) in [5.41, 5.74) is 0. The van der Waals surface area contributed by atoms with Gasteiger partial charge in [0.2, 0.25) is 5.91 Å². The number of nitrogens with one attached hydrogen (secondary N) is 2. The van der Waals surface area contributed by atoms with Crippen LogP contribution in [0.4, 0.5) is 4.79 Å². The predicted octanol–water partition coefficient (Wildman–Crippen LogP) is 1.04. The number of hydrogen-bond acceptors (Lipinski definition) is 3. The second-order valence-corrected chi connectivity index (χ2v) is 3.21. The number of urea groups is 1. The zero-order chi connectivity index (χ0) is 10.4. The Morgan fingerprint density at radius 2 is 2.29 bits per heavy atom. The van der Waals surface area contributed by atoms with Gasteiger partial charge in [-0.1, -0.05) is 22.6 Å². The maximum Gasteiger partial charge on any atom is 0.321 e. The average Bonchev–Trinajstić information content (AvgIpc) is 2.67. The molecule has 0 radical (unpaired) electrons. The summed E-state index contributed by atoms with van der Waals surface area (Å²) in [6.45, 7) is 0.271. The molecule has 0 spiro atoms. The van der Waals surface area contributed by atoms with E-state index < -0.39 is 6.03 Å². The van der Waals surface area contributed by atoms with Crippen LogP contribution in [0.25, 0.3) is 0 Å². The molecule has 76 valence electrons. The maximum absolute atomic E-state index is 11.0. The molecule has 0 aliphatic heterocycles. The number of furan rings is 1. The first-order chi connectivity index (χ1) is 6.72. The number of alkyl halides is 1. The van der Waals surface area contributed by atoms with Crippen molar-refractivity contribution < 1.29 is 14.0 Å². The van der Waals surface area contributed by atoms with Gasteiger partial charge in [0, 0.05) is 0 Å². The van der Waals surface area contributed by atoms with Crippen molar-refractivity contribution in [2.24, 2.45) is 0 Å². The molecule has 0 aliphatic rings. The third kappa shape index (κ3) is 3.77. The van der Waals surface area contributed by atoms with Gasteiger partial charge in [0.15, 0.2) is 0 Å². The molecule has 0 saturated heterocycles. The number of imide groups is 1. The first-order valence-corrected chi connectivity index (χ1v) is 5.41. The van der Waals surface area contributed by atoms with Crippen LogP contribution in [0, 0.1) is 0 Å². The zero-order valence-electron chi connectivity index (χ0n) is 7.25. The highest BCUT2D eigenvalue weighted by Gasteiger charge is 2.05. The van der Waals surface area contributed by atoms with E-state index in [4.69, 9.17) is 4.42 Å². The van der Waals surface area contributed by atoms with Gasteiger partial charge in [-0.05, 0) is 12.1 Å². The van der Waals surface area contributed by atoms with E-state index in [0.29, 0.717) is 5.76 Å². The fourth-order valence-electron chi connectivity index (χ4n) is 0.785. The van der Waals surface area contributed by atoms with E-state index in [1.54, 1.807) is 12.1 Å². The molecule has 0 atom stereocenters. The van der Waals surface area contributed by atoms with Gasteiger partial charge in [-0.2, -0.15) is 0 Å². The molecular weight excluding hydrogens is 299 g/mol. The predicted molar refractivity (Wildman–Crippen MR) is 58.0 cm³/mol. The Hall–Kier alpha value is -1.05. The van der Waals surface area contributed by atoms with Crippen molar-refractivity contribution in [1.82, 2.24) is 10.6 Å². The Morgan fingerprint density at radius 1 is 1.50 bits per heavy atom. The van der Waals surface area contributed by atoms with Crippen LogP contribution in [0.2, 0.25) is 0 Å². The quantitative estimate of drug-likeness (QED) is 0.647. The Morgan fingerprint density at radius 3 is 2.86 bits per heavy atom. The van der Waals surface area contributed by atoms with Gasteiger partial charge in [0.25, 0.3) is 0 Å². The van der Waals surface area contributed by atoms with Crippen LogP contribution in [0.5, 0.6) is 0 Å². The topological polar surface area (TPSA) is 71.3 Å². The summed E-state index contributed by atoms with van der Waals surface area (Å²) in [4.78, 5) is 21.8. The van der Waals surface area contributed by atoms with Crippen LogP contribution in [-0.4, -0.2) is 16.4 Å². The molecule has 6 heteroatoms. The Kier molecular flexibility index (Phi) is 4.44. The lowest BCUT2D eigenvalue weighted by Crippen LogP contribution is -2.39. The van der Waals surface area contributed by atoms with Crippen molar-refractivity contribution in [1.29, 1.82) is 0 Å². The molecule has 1 aromatic rings. The molecule has 0 unspecified atom stereocenters. The summed E-state index contributed by atoms with van der Waals surface area (Å²) in [7, 11) is 0. The fraction of sp³-hybridized carbons (Fsp3) is 0.250. The Balaban J connectivity index is 2.25. The minimum absolute atomic E-state index is 0.256. The molecular formula is C8H9IN2O3. The summed E-state index contributed by atoms with van der Waals surface area (Å²) >= 11 is 1.88. The molecule has 2 N–H and O–H groups in total. The third-order valence-electron chi connectivity index (χ3n) is 1.38. The van der Waals surface area contributed by atoms with E-state index in [1.165, 1.54) is 6.26 Å². The molecule has 1 aromatic heterocycles.